The molecular formula is C20H28N2O. The van der Waals surface area contributed by atoms with Crippen molar-refractivity contribution in [2.45, 2.75) is 68.9 Å². The van der Waals surface area contributed by atoms with E-state index >= 15 is 0 Å². The molecule has 2 aliphatic heterocycles. The first-order chi connectivity index (χ1) is 11.3. The Bertz CT molecular complexity index is 552. The quantitative estimate of drug-likeness (QED) is 0.907. The number of amides is 1. The molecule has 4 rings (SSSR count). The molecule has 1 aliphatic carbocycles. The molecule has 0 bridgehead atoms. The van der Waals surface area contributed by atoms with Crippen LogP contribution in [0.5, 0.6) is 0 Å². The van der Waals surface area contributed by atoms with Crippen LogP contribution in [0.2, 0.25) is 0 Å². The van der Waals surface area contributed by atoms with Gasteiger partial charge in [-0.25, -0.2) is 0 Å². The van der Waals surface area contributed by atoms with Crippen LogP contribution in [-0.2, 0) is 4.79 Å². The van der Waals surface area contributed by atoms with Crippen LogP contribution in [0.15, 0.2) is 30.3 Å². The number of likely N-dealkylation sites (tertiary alicyclic amines) is 1. The molecule has 1 amide bonds. The summed E-state index contributed by atoms with van der Waals surface area (Å²) in [4.78, 5) is 14.9. The van der Waals surface area contributed by atoms with Gasteiger partial charge < -0.3 is 5.32 Å². The molecule has 1 spiro atoms. The third-order valence-corrected chi connectivity index (χ3v) is 6.28. The van der Waals surface area contributed by atoms with E-state index in [9.17, 15) is 4.79 Å². The van der Waals surface area contributed by atoms with Crippen LogP contribution in [0.4, 0.5) is 0 Å². The van der Waals surface area contributed by atoms with Crippen LogP contribution in [0.1, 0.15) is 62.8 Å². The van der Waals surface area contributed by atoms with Gasteiger partial charge in [0.25, 0.3) is 0 Å². The summed E-state index contributed by atoms with van der Waals surface area (Å²) in [5.74, 6) is 0.692. The smallest absolute Gasteiger partial charge is 0.220 e. The molecule has 1 aromatic rings. The molecule has 1 N–H and O–H groups in total. The predicted octanol–water partition coefficient (Wildman–Crippen LogP) is 3.46. The summed E-state index contributed by atoms with van der Waals surface area (Å²) in [7, 11) is 0. The minimum absolute atomic E-state index is 0.0336. The van der Waals surface area contributed by atoms with Crippen molar-refractivity contribution < 1.29 is 4.79 Å². The van der Waals surface area contributed by atoms with E-state index in [-0.39, 0.29) is 11.4 Å². The van der Waals surface area contributed by atoms with Crippen LogP contribution >= 0.6 is 0 Å². The van der Waals surface area contributed by atoms with Crippen molar-refractivity contribution in [2.24, 2.45) is 0 Å². The average molecular weight is 312 g/mol. The van der Waals surface area contributed by atoms with Gasteiger partial charge >= 0.3 is 0 Å². The fourth-order valence-corrected chi connectivity index (χ4v) is 5.13. The van der Waals surface area contributed by atoms with Gasteiger partial charge in [0, 0.05) is 31.5 Å². The molecule has 3 heteroatoms. The lowest BCUT2D eigenvalue weighted by atomic mass is 9.76. The topological polar surface area (TPSA) is 32.3 Å². The first-order valence-electron chi connectivity index (χ1n) is 9.37. The van der Waals surface area contributed by atoms with Gasteiger partial charge in [-0.15, -0.1) is 0 Å². The van der Waals surface area contributed by atoms with Gasteiger partial charge in [0.15, 0.2) is 0 Å². The summed E-state index contributed by atoms with van der Waals surface area (Å²) >= 11 is 0. The van der Waals surface area contributed by atoms with E-state index in [2.05, 4.69) is 40.5 Å². The molecule has 0 unspecified atom stereocenters. The highest BCUT2D eigenvalue weighted by atomic mass is 16.1. The molecule has 3 nitrogen and oxygen atoms in total. The third kappa shape index (κ3) is 2.91. The van der Waals surface area contributed by atoms with Crippen LogP contribution in [0, 0.1) is 0 Å². The summed E-state index contributed by atoms with van der Waals surface area (Å²) < 4.78 is 0. The van der Waals surface area contributed by atoms with E-state index in [0.717, 1.165) is 32.0 Å². The third-order valence-electron chi connectivity index (χ3n) is 6.28. The molecule has 0 radical (unpaired) electrons. The number of rotatable bonds is 2. The first kappa shape index (κ1) is 15.2. The minimum atomic E-state index is -0.0336. The van der Waals surface area contributed by atoms with E-state index in [4.69, 9.17) is 0 Å². The van der Waals surface area contributed by atoms with E-state index in [1.165, 1.54) is 37.7 Å². The van der Waals surface area contributed by atoms with Crippen LogP contribution in [0.3, 0.4) is 0 Å². The highest BCUT2D eigenvalue weighted by Gasteiger charge is 2.50. The molecule has 2 heterocycles. The Morgan fingerprint density at radius 3 is 2.57 bits per heavy atom. The Balaban J connectivity index is 1.62. The Morgan fingerprint density at radius 2 is 1.83 bits per heavy atom. The number of hydrogen-bond acceptors (Lipinski definition) is 2. The molecule has 2 saturated heterocycles. The van der Waals surface area contributed by atoms with Crippen molar-refractivity contribution in [3.63, 3.8) is 0 Å². The van der Waals surface area contributed by atoms with Gasteiger partial charge in [-0.2, -0.15) is 0 Å². The standard InChI is InChI=1S/C20H28N2O/c23-19-12-7-13-20(21-19)15-22(17-10-5-2-6-11-17)14-18(20)16-8-3-1-4-9-16/h1,3-4,8-9,17-18H,2,5-7,10-15H2,(H,21,23)/t18-,20+/m0/s1. The van der Waals surface area contributed by atoms with E-state index in [1.807, 2.05) is 0 Å². The van der Waals surface area contributed by atoms with Crippen LogP contribution < -0.4 is 5.32 Å². The van der Waals surface area contributed by atoms with Gasteiger partial charge in [-0.05, 0) is 31.2 Å². The van der Waals surface area contributed by atoms with Gasteiger partial charge in [-0.1, -0.05) is 49.6 Å². The second-order valence-electron chi connectivity index (χ2n) is 7.74. The maximum absolute atomic E-state index is 12.2. The summed E-state index contributed by atoms with van der Waals surface area (Å²) in [6, 6.07) is 11.6. The first-order valence-corrected chi connectivity index (χ1v) is 9.37. The van der Waals surface area contributed by atoms with Crippen molar-refractivity contribution in [3.05, 3.63) is 35.9 Å². The summed E-state index contributed by atoms with van der Waals surface area (Å²) in [6.45, 7) is 2.15. The molecule has 2 atom stereocenters. The molecule has 23 heavy (non-hydrogen) atoms. The predicted molar refractivity (Wildman–Crippen MR) is 92.4 cm³/mol. The molecule has 3 fully saturated rings. The zero-order chi connectivity index (χ0) is 15.7. The fourth-order valence-electron chi connectivity index (χ4n) is 5.13. The zero-order valence-corrected chi connectivity index (χ0v) is 14.0. The normalized spacial score (nSPS) is 33.0. The second-order valence-corrected chi connectivity index (χ2v) is 7.74. The SMILES string of the molecule is O=C1CCC[C@]2(CN(C3CCCCC3)C[C@H]2c2ccccc2)N1. The lowest BCUT2D eigenvalue weighted by Gasteiger charge is -2.40. The Morgan fingerprint density at radius 1 is 1.04 bits per heavy atom. The maximum atomic E-state index is 12.2. The van der Waals surface area contributed by atoms with Crippen molar-refractivity contribution in [1.82, 2.24) is 10.2 Å². The summed E-state index contributed by atoms with van der Waals surface area (Å²) in [6.07, 6.45) is 9.68. The van der Waals surface area contributed by atoms with Crippen molar-refractivity contribution in [3.8, 4) is 0 Å². The molecule has 1 aromatic carbocycles. The maximum Gasteiger partial charge on any atom is 0.220 e. The number of benzene rings is 1. The van der Waals surface area contributed by atoms with Gasteiger partial charge in [0.2, 0.25) is 5.91 Å². The van der Waals surface area contributed by atoms with Gasteiger partial charge in [-0.3, -0.25) is 9.69 Å². The Labute approximate surface area is 139 Å². The molecule has 124 valence electrons. The summed E-state index contributed by atoms with van der Waals surface area (Å²) in [5, 5.41) is 3.43. The number of carbonyl (C=O) groups is 1. The highest BCUT2D eigenvalue weighted by molar-refractivity contribution is 5.78. The lowest BCUT2D eigenvalue weighted by Crippen LogP contribution is -2.56. The summed E-state index contributed by atoms with van der Waals surface area (Å²) in [5.41, 5.74) is 1.36. The molecule has 3 aliphatic rings. The van der Waals surface area contributed by atoms with Gasteiger partial charge in [0.05, 0.1) is 5.54 Å². The average Bonchev–Trinajstić information content (AvgIpc) is 2.95. The number of nitrogens with zero attached hydrogens (tertiary/aromatic N) is 1. The lowest BCUT2D eigenvalue weighted by molar-refractivity contribution is -0.125. The molecule has 0 aromatic heterocycles. The fraction of sp³-hybridized carbons (Fsp3) is 0.650. The largest absolute Gasteiger partial charge is 0.349 e. The van der Waals surface area contributed by atoms with E-state index in [0.29, 0.717) is 12.3 Å². The van der Waals surface area contributed by atoms with Crippen LogP contribution in [0.25, 0.3) is 0 Å². The Hall–Kier alpha value is -1.35. The number of nitrogens with one attached hydrogen (secondary N) is 1. The van der Waals surface area contributed by atoms with Gasteiger partial charge in [0.1, 0.15) is 0 Å². The minimum Gasteiger partial charge on any atom is -0.349 e. The zero-order valence-electron chi connectivity index (χ0n) is 14.0. The van der Waals surface area contributed by atoms with Crippen molar-refractivity contribution in [2.75, 3.05) is 13.1 Å². The number of piperidine rings is 1. The van der Waals surface area contributed by atoms with Crippen molar-refractivity contribution >= 4 is 5.91 Å². The molecular weight excluding hydrogens is 284 g/mol. The monoisotopic (exact) mass is 312 g/mol. The second kappa shape index (κ2) is 6.27. The number of hydrogen-bond donors (Lipinski definition) is 1. The van der Waals surface area contributed by atoms with Crippen molar-refractivity contribution in [1.29, 1.82) is 0 Å². The number of carbonyl (C=O) groups excluding carboxylic acids is 1. The highest BCUT2D eigenvalue weighted by Crippen LogP contribution is 2.43. The van der Waals surface area contributed by atoms with Crippen LogP contribution in [-0.4, -0.2) is 35.5 Å². The van der Waals surface area contributed by atoms with E-state index < -0.39 is 0 Å². The Kier molecular flexibility index (Phi) is 4.14. The molecule has 1 saturated carbocycles. The van der Waals surface area contributed by atoms with E-state index in [1.54, 1.807) is 0 Å².